The standard InChI is InChI=1S/C15H17F3O3S/c16-15(17,18)13-4-2-1-3-10(13)7-14(19)8-11-5-6-12(9-14)22(11,20)21/h1-4,11-12,19H,5-9H2. The van der Waals surface area contributed by atoms with Crippen LogP contribution < -0.4 is 0 Å². The minimum absolute atomic E-state index is 0.0243. The minimum atomic E-state index is -4.48. The maximum atomic E-state index is 13.0. The molecule has 0 aromatic heterocycles. The lowest BCUT2D eigenvalue weighted by Crippen LogP contribution is -2.46. The van der Waals surface area contributed by atoms with Gasteiger partial charge in [0.15, 0.2) is 9.84 Å². The molecule has 2 aliphatic rings. The summed E-state index contributed by atoms with van der Waals surface area (Å²) in [6, 6.07) is 5.16. The van der Waals surface area contributed by atoms with Gasteiger partial charge in [-0.1, -0.05) is 18.2 Å². The largest absolute Gasteiger partial charge is 0.416 e. The molecule has 1 aromatic carbocycles. The molecule has 2 heterocycles. The molecule has 2 aliphatic heterocycles. The van der Waals surface area contributed by atoms with E-state index in [2.05, 4.69) is 0 Å². The van der Waals surface area contributed by atoms with E-state index in [-0.39, 0.29) is 24.8 Å². The number of sulfone groups is 1. The molecule has 122 valence electrons. The molecule has 3 nitrogen and oxygen atoms in total. The summed E-state index contributed by atoms with van der Waals surface area (Å²) in [7, 11) is -3.21. The Kier molecular flexibility index (Phi) is 3.56. The van der Waals surface area contributed by atoms with E-state index in [9.17, 15) is 26.7 Å². The van der Waals surface area contributed by atoms with Crippen molar-refractivity contribution in [1.82, 2.24) is 0 Å². The summed E-state index contributed by atoms with van der Waals surface area (Å²) < 4.78 is 63.2. The fourth-order valence-corrected chi connectivity index (χ4v) is 6.35. The van der Waals surface area contributed by atoms with Gasteiger partial charge >= 0.3 is 6.18 Å². The summed E-state index contributed by atoms with van der Waals surface area (Å²) >= 11 is 0. The normalized spacial score (nSPS) is 33.8. The van der Waals surface area contributed by atoms with E-state index in [0.29, 0.717) is 12.8 Å². The van der Waals surface area contributed by atoms with E-state index in [4.69, 9.17) is 0 Å². The van der Waals surface area contributed by atoms with E-state index in [1.165, 1.54) is 18.2 Å². The number of hydrogen-bond acceptors (Lipinski definition) is 3. The number of halogens is 3. The van der Waals surface area contributed by atoms with E-state index < -0.39 is 37.7 Å². The topological polar surface area (TPSA) is 54.4 Å². The summed E-state index contributed by atoms with van der Waals surface area (Å²) in [5.74, 6) is 0. The van der Waals surface area contributed by atoms with Gasteiger partial charge in [-0.05, 0) is 37.3 Å². The molecule has 2 atom stereocenters. The smallest absolute Gasteiger partial charge is 0.389 e. The van der Waals surface area contributed by atoms with Crippen LogP contribution in [0.15, 0.2) is 24.3 Å². The van der Waals surface area contributed by atoms with Crippen LogP contribution in [-0.2, 0) is 22.4 Å². The van der Waals surface area contributed by atoms with Gasteiger partial charge < -0.3 is 5.11 Å². The van der Waals surface area contributed by atoms with Crippen molar-refractivity contribution in [3.63, 3.8) is 0 Å². The first kappa shape index (κ1) is 15.8. The Hall–Kier alpha value is -1.08. The zero-order chi connectivity index (χ0) is 16.2. The molecule has 1 aromatic rings. The van der Waals surface area contributed by atoms with Crippen molar-refractivity contribution in [3.05, 3.63) is 35.4 Å². The molecule has 7 heteroatoms. The van der Waals surface area contributed by atoms with Crippen molar-refractivity contribution in [1.29, 1.82) is 0 Å². The van der Waals surface area contributed by atoms with Crippen molar-refractivity contribution in [2.24, 2.45) is 0 Å². The van der Waals surface area contributed by atoms with Crippen LogP contribution in [0.3, 0.4) is 0 Å². The van der Waals surface area contributed by atoms with Crippen molar-refractivity contribution >= 4 is 9.84 Å². The average molecular weight is 334 g/mol. The summed E-state index contributed by atoms with van der Waals surface area (Å²) in [6.45, 7) is 0. The molecule has 2 unspecified atom stereocenters. The lowest BCUT2D eigenvalue weighted by molar-refractivity contribution is -0.138. The molecule has 0 radical (unpaired) electrons. The summed E-state index contributed by atoms with van der Waals surface area (Å²) in [6.07, 6.45) is -3.60. The highest BCUT2D eigenvalue weighted by Gasteiger charge is 2.52. The second kappa shape index (κ2) is 4.96. The quantitative estimate of drug-likeness (QED) is 0.905. The zero-order valence-corrected chi connectivity index (χ0v) is 12.6. The Balaban J connectivity index is 1.89. The second-order valence-corrected chi connectivity index (χ2v) is 8.89. The molecular formula is C15H17F3O3S. The molecule has 3 rings (SSSR count). The SMILES string of the molecule is O=S1(=O)C2CCC1CC(O)(Cc1ccccc1C(F)(F)F)C2. The van der Waals surface area contributed by atoms with Crippen LogP contribution in [0.25, 0.3) is 0 Å². The van der Waals surface area contributed by atoms with Crippen molar-refractivity contribution in [2.45, 2.75) is 54.4 Å². The monoisotopic (exact) mass is 334 g/mol. The van der Waals surface area contributed by atoms with Gasteiger partial charge in [0.2, 0.25) is 0 Å². The van der Waals surface area contributed by atoms with E-state index in [1.807, 2.05) is 0 Å². The number of rotatable bonds is 2. The fourth-order valence-electron chi connectivity index (χ4n) is 3.79. The van der Waals surface area contributed by atoms with Gasteiger partial charge in [-0.25, -0.2) is 8.42 Å². The third-order valence-corrected chi connectivity index (χ3v) is 7.46. The van der Waals surface area contributed by atoms with Gasteiger partial charge in [-0.2, -0.15) is 13.2 Å². The Bertz CT molecular complexity index is 662. The molecule has 0 spiro atoms. The Morgan fingerprint density at radius 3 is 2.23 bits per heavy atom. The number of alkyl halides is 3. The number of fused-ring (bicyclic) bond motifs is 2. The third-order valence-electron chi connectivity index (χ3n) is 4.80. The fraction of sp³-hybridized carbons (Fsp3) is 0.600. The molecule has 0 saturated carbocycles. The van der Waals surface area contributed by atoms with Gasteiger partial charge in [0, 0.05) is 6.42 Å². The molecule has 1 N–H and O–H groups in total. The summed E-state index contributed by atoms with van der Waals surface area (Å²) in [5, 5.41) is 9.46. The Labute approximate surface area is 127 Å². The number of hydrogen-bond donors (Lipinski definition) is 1. The molecule has 0 amide bonds. The number of benzene rings is 1. The highest BCUT2D eigenvalue weighted by molar-refractivity contribution is 7.93. The van der Waals surface area contributed by atoms with Crippen LogP contribution in [-0.4, -0.2) is 29.6 Å². The third kappa shape index (κ3) is 2.65. The van der Waals surface area contributed by atoms with E-state index >= 15 is 0 Å². The maximum absolute atomic E-state index is 13.0. The molecular weight excluding hydrogens is 317 g/mol. The predicted octanol–water partition coefficient (Wildman–Crippen LogP) is 2.72. The van der Waals surface area contributed by atoms with Gasteiger partial charge in [-0.15, -0.1) is 0 Å². The highest BCUT2D eigenvalue weighted by atomic mass is 32.2. The van der Waals surface area contributed by atoms with Crippen LogP contribution in [0.1, 0.15) is 36.8 Å². The van der Waals surface area contributed by atoms with Crippen LogP contribution in [0, 0.1) is 0 Å². The molecule has 0 aliphatic carbocycles. The highest BCUT2D eigenvalue weighted by Crippen LogP contribution is 2.45. The van der Waals surface area contributed by atoms with Gasteiger partial charge in [0.05, 0.1) is 21.7 Å². The van der Waals surface area contributed by atoms with Gasteiger partial charge in [0.25, 0.3) is 0 Å². The predicted molar refractivity (Wildman–Crippen MR) is 75.1 cm³/mol. The number of aliphatic hydroxyl groups is 1. The average Bonchev–Trinajstić information content (AvgIpc) is 2.58. The van der Waals surface area contributed by atoms with Crippen LogP contribution in [0.4, 0.5) is 13.2 Å². The first-order valence-corrected chi connectivity index (χ1v) is 8.83. The first-order valence-electron chi connectivity index (χ1n) is 7.22. The van der Waals surface area contributed by atoms with Crippen molar-refractivity contribution < 1.29 is 26.7 Å². The van der Waals surface area contributed by atoms with Crippen LogP contribution >= 0.6 is 0 Å². The second-order valence-electron chi connectivity index (χ2n) is 6.37. The minimum Gasteiger partial charge on any atom is -0.389 e. The first-order chi connectivity index (χ1) is 10.1. The summed E-state index contributed by atoms with van der Waals surface area (Å²) in [4.78, 5) is 0. The lowest BCUT2D eigenvalue weighted by atomic mass is 9.85. The molecule has 2 saturated heterocycles. The molecule has 22 heavy (non-hydrogen) atoms. The summed E-state index contributed by atoms with van der Waals surface area (Å²) in [5.41, 5.74) is -2.11. The maximum Gasteiger partial charge on any atom is 0.416 e. The van der Waals surface area contributed by atoms with E-state index in [1.54, 1.807) is 0 Å². The van der Waals surface area contributed by atoms with Gasteiger partial charge in [0.1, 0.15) is 0 Å². The van der Waals surface area contributed by atoms with Crippen LogP contribution in [0.5, 0.6) is 0 Å². The van der Waals surface area contributed by atoms with Crippen molar-refractivity contribution in [2.75, 3.05) is 0 Å². The molecule has 2 bridgehead atoms. The Morgan fingerprint density at radius 2 is 1.68 bits per heavy atom. The van der Waals surface area contributed by atoms with Crippen molar-refractivity contribution in [3.8, 4) is 0 Å². The van der Waals surface area contributed by atoms with E-state index in [0.717, 1.165) is 6.07 Å². The van der Waals surface area contributed by atoms with Gasteiger partial charge in [-0.3, -0.25) is 0 Å². The van der Waals surface area contributed by atoms with Crippen LogP contribution in [0.2, 0.25) is 0 Å². The zero-order valence-electron chi connectivity index (χ0n) is 11.8. The Morgan fingerprint density at radius 1 is 1.14 bits per heavy atom. The lowest BCUT2D eigenvalue weighted by Gasteiger charge is -2.36. The molecule has 2 fully saturated rings.